The Morgan fingerprint density at radius 3 is 2.52 bits per heavy atom. The Balaban J connectivity index is 2.18. The molecule has 0 fully saturated rings. The number of rotatable bonds is 10. The summed E-state index contributed by atoms with van der Waals surface area (Å²) in [5, 5.41) is 15.1. The van der Waals surface area contributed by atoms with E-state index in [0.717, 1.165) is 5.69 Å². The van der Waals surface area contributed by atoms with Crippen LogP contribution in [0.25, 0.3) is 0 Å². The molecule has 2 atom stereocenters. The lowest BCUT2D eigenvalue weighted by Gasteiger charge is -2.22. The summed E-state index contributed by atoms with van der Waals surface area (Å²) in [6.45, 7) is 4.12. The van der Waals surface area contributed by atoms with Crippen LogP contribution >= 0.6 is 0 Å². The Morgan fingerprint density at radius 2 is 1.93 bits per heavy atom. The van der Waals surface area contributed by atoms with Crippen molar-refractivity contribution in [1.29, 1.82) is 0 Å². The van der Waals surface area contributed by atoms with Gasteiger partial charge in [0.2, 0.25) is 5.91 Å². The number of nitrogens with one attached hydrogen (secondary N) is 3. The molecular weight excluding hydrogens is 346 g/mol. The summed E-state index contributed by atoms with van der Waals surface area (Å²) in [5.41, 5.74) is 4.67. The lowest BCUT2D eigenvalue weighted by molar-refractivity contribution is -0.140. The molecule has 1 heterocycles. The SMILES string of the molecule is CNC(=O)C(CNC(CC(C)C)C(=O)O)c1cncn1Nc1ccccc1. The third-order valence-electron chi connectivity index (χ3n) is 4.18. The highest BCUT2D eigenvalue weighted by Crippen LogP contribution is 2.17. The number of benzene rings is 1. The lowest BCUT2D eigenvalue weighted by Crippen LogP contribution is -2.43. The minimum absolute atomic E-state index is 0.186. The average Bonchev–Trinajstić information content (AvgIpc) is 3.08. The number of hydrogen-bond acceptors (Lipinski definition) is 5. The molecule has 2 unspecified atom stereocenters. The standard InChI is InChI=1S/C19H27N5O3/c1-13(2)9-16(19(26)27)22-10-15(18(25)20-3)17-11-21-12-24(17)23-14-7-5-4-6-8-14/h4-8,11-13,15-16,22-23H,9-10H2,1-3H3,(H,20,25)(H,26,27). The van der Waals surface area contributed by atoms with Crippen molar-refractivity contribution in [3.8, 4) is 0 Å². The number of carbonyl (C=O) groups excluding carboxylic acids is 1. The van der Waals surface area contributed by atoms with Crippen molar-refractivity contribution in [1.82, 2.24) is 20.3 Å². The molecule has 2 aromatic rings. The Morgan fingerprint density at radius 1 is 1.22 bits per heavy atom. The van der Waals surface area contributed by atoms with Crippen LogP contribution in [0.3, 0.4) is 0 Å². The molecule has 8 nitrogen and oxygen atoms in total. The summed E-state index contributed by atoms with van der Waals surface area (Å²) in [6, 6.07) is 8.81. The highest BCUT2D eigenvalue weighted by atomic mass is 16.4. The minimum atomic E-state index is -0.921. The highest BCUT2D eigenvalue weighted by molar-refractivity contribution is 5.83. The van der Waals surface area contributed by atoms with Gasteiger partial charge >= 0.3 is 5.97 Å². The number of para-hydroxylation sites is 1. The number of nitrogens with zero attached hydrogens (tertiary/aromatic N) is 2. The zero-order valence-electron chi connectivity index (χ0n) is 15.8. The number of aliphatic carboxylic acids is 1. The second kappa shape index (κ2) is 9.72. The molecule has 4 N–H and O–H groups in total. The molecule has 0 aliphatic heterocycles. The van der Waals surface area contributed by atoms with Gasteiger partial charge in [-0.3, -0.25) is 15.0 Å². The number of carboxylic acids is 1. The molecule has 0 saturated carbocycles. The van der Waals surface area contributed by atoms with Gasteiger partial charge in [0.05, 0.1) is 23.5 Å². The Labute approximate surface area is 159 Å². The molecule has 2 rings (SSSR count). The number of likely N-dealkylation sites (N-methyl/N-ethyl adjacent to an activating group) is 1. The fourth-order valence-electron chi connectivity index (χ4n) is 2.82. The van der Waals surface area contributed by atoms with Gasteiger partial charge in [-0.1, -0.05) is 32.0 Å². The van der Waals surface area contributed by atoms with E-state index in [1.165, 1.54) is 0 Å². The molecule has 0 aliphatic carbocycles. The molecule has 146 valence electrons. The molecule has 0 bridgehead atoms. The summed E-state index contributed by atoms with van der Waals surface area (Å²) >= 11 is 0. The largest absolute Gasteiger partial charge is 0.480 e. The fraction of sp³-hybridized carbons (Fsp3) is 0.421. The summed E-state index contributed by atoms with van der Waals surface area (Å²) in [6.07, 6.45) is 3.67. The van der Waals surface area contributed by atoms with Crippen molar-refractivity contribution in [2.75, 3.05) is 19.0 Å². The molecular formula is C19H27N5O3. The second-order valence-electron chi connectivity index (χ2n) is 6.76. The van der Waals surface area contributed by atoms with E-state index >= 15 is 0 Å². The van der Waals surface area contributed by atoms with Crippen LogP contribution in [0.4, 0.5) is 5.69 Å². The number of carbonyl (C=O) groups is 2. The quantitative estimate of drug-likeness (QED) is 0.505. The molecule has 0 spiro atoms. The second-order valence-corrected chi connectivity index (χ2v) is 6.76. The summed E-state index contributed by atoms with van der Waals surface area (Å²) in [5.74, 6) is -1.51. The van der Waals surface area contributed by atoms with Crippen LogP contribution in [0.5, 0.6) is 0 Å². The van der Waals surface area contributed by atoms with Gasteiger partial charge in [-0.05, 0) is 24.5 Å². The highest BCUT2D eigenvalue weighted by Gasteiger charge is 2.27. The van der Waals surface area contributed by atoms with Crippen LogP contribution in [0.2, 0.25) is 0 Å². The first-order valence-corrected chi connectivity index (χ1v) is 8.94. The van der Waals surface area contributed by atoms with E-state index in [4.69, 9.17) is 0 Å². The summed E-state index contributed by atoms with van der Waals surface area (Å²) < 4.78 is 1.68. The normalized spacial score (nSPS) is 13.2. The zero-order valence-corrected chi connectivity index (χ0v) is 15.8. The zero-order chi connectivity index (χ0) is 19.8. The number of hydrogen-bond donors (Lipinski definition) is 4. The number of anilines is 1. The van der Waals surface area contributed by atoms with E-state index in [1.54, 1.807) is 24.2 Å². The number of amides is 1. The fourth-order valence-corrected chi connectivity index (χ4v) is 2.82. The van der Waals surface area contributed by atoms with Gasteiger partial charge in [0.25, 0.3) is 0 Å². The third-order valence-corrected chi connectivity index (χ3v) is 4.18. The van der Waals surface area contributed by atoms with Crippen LogP contribution in [0.1, 0.15) is 31.9 Å². The number of carboxylic acid groups (broad SMARTS) is 1. The average molecular weight is 373 g/mol. The van der Waals surface area contributed by atoms with Gasteiger partial charge in [0.15, 0.2) is 0 Å². The van der Waals surface area contributed by atoms with Crippen molar-refractivity contribution in [2.24, 2.45) is 5.92 Å². The van der Waals surface area contributed by atoms with Gasteiger partial charge in [-0.15, -0.1) is 0 Å². The van der Waals surface area contributed by atoms with Crippen LogP contribution in [0.15, 0.2) is 42.9 Å². The van der Waals surface area contributed by atoms with Gasteiger partial charge in [-0.2, -0.15) is 0 Å². The van der Waals surface area contributed by atoms with E-state index in [1.807, 2.05) is 44.2 Å². The first kappa shape index (κ1) is 20.4. The number of imidazole rings is 1. The minimum Gasteiger partial charge on any atom is -0.480 e. The van der Waals surface area contributed by atoms with Gasteiger partial charge in [0, 0.05) is 13.6 Å². The van der Waals surface area contributed by atoms with Crippen LogP contribution in [0, 0.1) is 5.92 Å². The maximum Gasteiger partial charge on any atom is 0.320 e. The topological polar surface area (TPSA) is 108 Å². The molecule has 1 aromatic heterocycles. The Hall–Kier alpha value is -2.87. The Kier molecular flexibility index (Phi) is 7.36. The number of aromatic nitrogens is 2. The van der Waals surface area contributed by atoms with Crippen molar-refractivity contribution in [3.63, 3.8) is 0 Å². The van der Waals surface area contributed by atoms with E-state index in [2.05, 4.69) is 21.0 Å². The molecule has 1 aromatic carbocycles. The van der Waals surface area contributed by atoms with Crippen molar-refractivity contribution in [2.45, 2.75) is 32.2 Å². The predicted octanol–water partition coefficient (Wildman–Crippen LogP) is 1.68. The van der Waals surface area contributed by atoms with E-state index in [-0.39, 0.29) is 18.4 Å². The molecule has 27 heavy (non-hydrogen) atoms. The van der Waals surface area contributed by atoms with Crippen LogP contribution in [-0.2, 0) is 9.59 Å². The maximum absolute atomic E-state index is 12.5. The molecule has 0 radical (unpaired) electrons. The van der Waals surface area contributed by atoms with Crippen LogP contribution < -0.4 is 16.1 Å². The van der Waals surface area contributed by atoms with Crippen molar-refractivity contribution >= 4 is 17.6 Å². The third kappa shape index (κ3) is 5.82. The van der Waals surface area contributed by atoms with Gasteiger partial charge < -0.3 is 15.7 Å². The summed E-state index contributed by atoms with van der Waals surface area (Å²) in [7, 11) is 1.56. The van der Waals surface area contributed by atoms with E-state index < -0.39 is 17.9 Å². The predicted molar refractivity (Wildman–Crippen MR) is 103 cm³/mol. The molecule has 8 heteroatoms. The van der Waals surface area contributed by atoms with Gasteiger partial charge in [-0.25, -0.2) is 9.66 Å². The lowest BCUT2D eigenvalue weighted by atomic mass is 10.0. The molecule has 0 aliphatic rings. The first-order chi connectivity index (χ1) is 12.9. The molecule has 1 amide bonds. The first-order valence-electron chi connectivity index (χ1n) is 8.94. The summed E-state index contributed by atoms with van der Waals surface area (Å²) in [4.78, 5) is 28.1. The maximum atomic E-state index is 12.5. The Bertz CT molecular complexity index is 745. The molecule has 0 saturated heterocycles. The van der Waals surface area contributed by atoms with Crippen LogP contribution in [-0.4, -0.2) is 46.3 Å². The monoisotopic (exact) mass is 373 g/mol. The van der Waals surface area contributed by atoms with Crippen molar-refractivity contribution < 1.29 is 14.7 Å². The smallest absolute Gasteiger partial charge is 0.320 e. The van der Waals surface area contributed by atoms with E-state index in [9.17, 15) is 14.7 Å². The van der Waals surface area contributed by atoms with Gasteiger partial charge in [0.1, 0.15) is 12.4 Å². The van der Waals surface area contributed by atoms with Crippen molar-refractivity contribution in [3.05, 3.63) is 48.5 Å². The van der Waals surface area contributed by atoms with E-state index in [0.29, 0.717) is 12.1 Å².